The molecule has 26 heavy (non-hydrogen) atoms. The molecule has 0 radical (unpaired) electrons. The van der Waals surface area contributed by atoms with Crippen molar-refractivity contribution < 1.29 is 28.8 Å². The van der Waals surface area contributed by atoms with Gasteiger partial charge in [-0.3, -0.25) is 33.7 Å². The molecule has 1 aliphatic rings. The summed E-state index contributed by atoms with van der Waals surface area (Å²) in [6.07, 6.45) is 2.60. The SMILES string of the molecule is CC(NC(=O)CCCN1C(=O)C=CC1=O)C(=O)NCC(=O)NCC(N)=O. The van der Waals surface area contributed by atoms with Gasteiger partial charge >= 0.3 is 0 Å². The summed E-state index contributed by atoms with van der Waals surface area (Å²) in [4.78, 5) is 69.1. The molecule has 0 bridgehead atoms. The summed E-state index contributed by atoms with van der Waals surface area (Å²) in [7, 11) is 0. The molecule has 0 aliphatic carbocycles. The lowest BCUT2D eigenvalue weighted by Gasteiger charge is -2.15. The maximum atomic E-state index is 11.8. The van der Waals surface area contributed by atoms with E-state index in [1.54, 1.807) is 0 Å². The van der Waals surface area contributed by atoms with Crippen LogP contribution in [0, 0.1) is 0 Å². The molecule has 1 heterocycles. The molecule has 0 spiro atoms. The average molecular weight is 367 g/mol. The molecule has 6 amide bonds. The molecule has 1 rings (SSSR count). The Labute approximate surface area is 149 Å². The highest BCUT2D eigenvalue weighted by Crippen LogP contribution is 2.05. The Kier molecular flexibility index (Phi) is 7.93. The lowest BCUT2D eigenvalue weighted by molar-refractivity contribution is -0.137. The predicted molar refractivity (Wildman–Crippen MR) is 87.9 cm³/mol. The molecule has 0 saturated carbocycles. The Hall–Kier alpha value is -3.24. The van der Waals surface area contributed by atoms with Crippen LogP contribution in [0.5, 0.6) is 0 Å². The summed E-state index contributed by atoms with van der Waals surface area (Å²) in [5.74, 6) is -3.15. The van der Waals surface area contributed by atoms with Gasteiger partial charge in [-0.15, -0.1) is 0 Å². The van der Waals surface area contributed by atoms with Crippen LogP contribution in [0.4, 0.5) is 0 Å². The molecule has 1 aliphatic heterocycles. The Morgan fingerprint density at radius 3 is 2.23 bits per heavy atom. The van der Waals surface area contributed by atoms with Crippen molar-refractivity contribution in [1.82, 2.24) is 20.9 Å². The maximum Gasteiger partial charge on any atom is 0.253 e. The molecule has 11 heteroatoms. The zero-order valence-corrected chi connectivity index (χ0v) is 14.2. The van der Waals surface area contributed by atoms with Crippen LogP contribution in [0.25, 0.3) is 0 Å². The van der Waals surface area contributed by atoms with Crippen LogP contribution in [0.1, 0.15) is 19.8 Å². The molecular formula is C15H21N5O6. The number of amides is 6. The third-order valence-electron chi connectivity index (χ3n) is 3.34. The molecule has 0 aromatic rings. The van der Waals surface area contributed by atoms with E-state index in [0.29, 0.717) is 0 Å². The third kappa shape index (κ3) is 7.11. The van der Waals surface area contributed by atoms with E-state index in [9.17, 15) is 28.8 Å². The quantitative estimate of drug-likeness (QED) is 0.298. The standard InChI is InChI=1S/C15H21N5O6/c1-9(15(26)18-8-12(23)17-7-10(16)21)19-11(22)3-2-6-20-13(24)4-5-14(20)25/h4-5,9H,2-3,6-8H2,1H3,(H2,16,21)(H,17,23)(H,18,26)(H,19,22). The first-order valence-electron chi connectivity index (χ1n) is 7.86. The summed E-state index contributed by atoms with van der Waals surface area (Å²) in [6.45, 7) is 0.849. The first-order valence-corrected chi connectivity index (χ1v) is 7.86. The van der Waals surface area contributed by atoms with Crippen LogP contribution in [0.3, 0.4) is 0 Å². The molecule has 0 aromatic heterocycles. The number of carbonyl (C=O) groups excluding carboxylic acids is 6. The summed E-state index contributed by atoms with van der Waals surface area (Å²) < 4.78 is 0. The van der Waals surface area contributed by atoms with Gasteiger partial charge in [0.1, 0.15) is 6.04 Å². The minimum absolute atomic E-state index is 0.0216. The van der Waals surface area contributed by atoms with Gasteiger partial charge in [0.15, 0.2) is 0 Å². The van der Waals surface area contributed by atoms with Gasteiger partial charge in [0.25, 0.3) is 11.8 Å². The molecule has 0 fully saturated rings. The van der Waals surface area contributed by atoms with E-state index in [1.807, 2.05) is 0 Å². The van der Waals surface area contributed by atoms with Crippen LogP contribution < -0.4 is 21.7 Å². The summed E-state index contributed by atoms with van der Waals surface area (Å²) >= 11 is 0. The monoisotopic (exact) mass is 367 g/mol. The van der Waals surface area contributed by atoms with Gasteiger partial charge in [0.05, 0.1) is 13.1 Å². The number of carbonyl (C=O) groups is 6. The molecule has 0 aromatic carbocycles. The molecule has 5 N–H and O–H groups in total. The van der Waals surface area contributed by atoms with E-state index >= 15 is 0 Å². The topological polar surface area (TPSA) is 168 Å². The molecule has 11 nitrogen and oxygen atoms in total. The van der Waals surface area contributed by atoms with Crippen LogP contribution in [-0.4, -0.2) is 66.0 Å². The second-order valence-corrected chi connectivity index (χ2v) is 5.52. The van der Waals surface area contributed by atoms with Gasteiger partial charge in [-0.2, -0.15) is 0 Å². The van der Waals surface area contributed by atoms with E-state index in [1.165, 1.54) is 6.92 Å². The second kappa shape index (κ2) is 9.91. The van der Waals surface area contributed by atoms with E-state index < -0.39 is 41.5 Å². The van der Waals surface area contributed by atoms with E-state index in [4.69, 9.17) is 5.73 Å². The zero-order valence-electron chi connectivity index (χ0n) is 14.2. The molecular weight excluding hydrogens is 346 g/mol. The highest BCUT2D eigenvalue weighted by atomic mass is 16.2. The molecule has 0 saturated heterocycles. The highest BCUT2D eigenvalue weighted by molar-refractivity contribution is 6.12. The van der Waals surface area contributed by atoms with Gasteiger partial charge < -0.3 is 21.7 Å². The maximum absolute atomic E-state index is 11.8. The van der Waals surface area contributed by atoms with Crippen molar-refractivity contribution in [3.63, 3.8) is 0 Å². The van der Waals surface area contributed by atoms with Crippen molar-refractivity contribution >= 4 is 35.4 Å². The largest absolute Gasteiger partial charge is 0.368 e. The van der Waals surface area contributed by atoms with Crippen LogP contribution in [-0.2, 0) is 28.8 Å². The number of hydrogen-bond acceptors (Lipinski definition) is 6. The van der Waals surface area contributed by atoms with Crippen molar-refractivity contribution in [3.05, 3.63) is 12.2 Å². The van der Waals surface area contributed by atoms with E-state index in [2.05, 4.69) is 16.0 Å². The van der Waals surface area contributed by atoms with E-state index in [-0.39, 0.29) is 32.5 Å². The number of primary amides is 1. The van der Waals surface area contributed by atoms with Gasteiger partial charge in [-0.1, -0.05) is 0 Å². The van der Waals surface area contributed by atoms with Gasteiger partial charge in [0, 0.05) is 25.1 Å². The van der Waals surface area contributed by atoms with Crippen molar-refractivity contribution in [2.45, 2.75) is 25.8 Å². The van der Waals surface area contributed by atoms with Crippen molar-refractivity contribution in [2.75, 3.05) is 19.6 Å². The Morgan fingerprint density at radius 1 is 1.04 bits per heavy atom. The summed E-state index contributed by atoms with van der Waals surface area (Å²) in [5.41, 5.74) is 4.86. The molecule has 1 unspecified atom stereocenters. The zero-order chi connectivity index (χ0) is 19.7. The minimum atomic E-state index is -0.886. The number of imide groups is 1. The fourth-order valence-corrected chi connectivity index (χ4v) is 2.00. The molecule has 142 valence electrons. The Bertz CT molecular complexity index is 626. The van der Waals surface area contributed by atoms with Crippen molar-refractivity contribution in [3.8, 4) is 0 Å². The normalized spacial score (nSPS) is 14.1. The fraction of sp³-hybridized carbons (Fsp3) is 0.467. The Morgan fingerprint density at radius 2 is 1.65 bits per heavy atom. The second-order valence-electron chi connectivity index (χ2n) is 5.52. The lowest BCUT2D eigenvalue weighted by Crippen LogP contribution is -2.48. The third-order valence-corrected chi connectivity index (χ3v) is 3.34. The first-order chi connectivity index (χ1) is 12.2. The van der Waals surface area contributed by atoms with Crippen LogP contribution >= 0.6 is 0 Å². The number of nitrogens with two attached hydrogens (primary N) is 1. The van der Waals surface area contributed by atoms with Gasteiger partial charge in [-0.25, -0.2) is 0 Å². The predicted octanol–water partition coefficient (Wildman–Crippen LogP) is -3.09. The smallest absolute Gasteiger partial charge is 0.253 e. The fourth-order valence-electron chi connectivity index (χ4n) is 2.00. The average Bonchev–Trinajstić information content (AvgIpc) is 2.89. The first kappa shape index (κ1) is 20.8. The molecule has 1 atom stereocenters. The van der Waals surface area contributed by atoms with Crippen LogP contribution in [0.15, 0.2) is 12.2 Å². The van der Waals surface area contributed by atoms with Crippen molar-refractivity contribution in [2.24, 2.45) is 5.73 Å². The minimum Gasteiger partial charge on any atom is -0.368 e. The number of rotatable bonds is 10. The van der Waals surface area contributed by atoms with Crippen molar-refractivity contribution in [1.29, 1.82) is 0 Å². The van der Waals surface area contributed by atoms with Gasteiger partial charge in [-0.05, 0) is 13.3 Å². The highest BCUT2D eigenvalue weighted by Gasteiger charge is 2.23. The number of nitrogens with zero attached hydrogens (tertiary/aromatic N) is 1. The number of hydrogen-bond donors (Lipinski definition) is 4. The van der Waals surface area contributed by atoms with Gasteiger partial charge in [0.2, 0.25) is 23.6 Å². The van der Waals surface area contributed by atoms with Crippen LogP contribution in [0.2, 0.25) is 0 Å². The Balaban J connectivity index is 2.23. The number of nitrogens with one attached hydrogen (secondary N) is 3. The lowest BCUT2D eigenvalue weighted by atomic mass is 10.2. The summed E-state index contributed by atoms with van der Waals surface area (Å²) in [6, 6.07) is -0.886. The summed E-state index contributed by atoms with van der Waals surface area (Å²) in [5, 5.41) is 6.94. The van der Waals surface area contributed by atoms with E-state index in [0.717, 1.165) is 17.1 Å².